The van der Waals surface area contributed by atoms with Crippen molar-refractivity contribution in [3.8, 4) is 0 Å². The van der Waals surface area contributed by atoms with Gasteiger partial charge in [-0.1, -0.05) is 71.9 Å². The van der Waals surface area contributed by atoms with Crippen LogP contribution in [0.25, 0.3) is 0 Å². The molecular formula is C15H24S2. The van der Waals surface area contributed by atoms with E-state index < -0.39 is 0 Å². The zero-order valence-electron chi connectivity index (χ0n) is 11.8. The maximum Gasteiger partial charge on any atom is 0.0761 e. The van der Waals surface area contributed by atoms with Crippen molar-refractivity contribution in [3.63, 3.8) is 0 Å². The van der Waals surface area contributed by atoms with Gasteiger partial charge in [-0.05, 0) is 5.56 Å². The van der Waals surface area contributed by atoms with E-state index in [-0.39, 0.29) is 0 Å². The highest BCUT2D eigenvalue weighted by molar-refractivity contribution is 8.17. The van der Waals surface area contributed by atoms with E-state index in [1.54, 1.807) is 0 Å². The van der Waals surface area contributed by atoms with Gasteiger partial charge in [0.15, 0.2) is 0 Å². The summed E-state index contributed by atoms with van der Waals surface area (Å²) in [6.07, 6.45) is 0. The number of benzene rings is 1. The second-order valence-electron chi connectivity index (χ2n) is 6.20. The highest BCUT2D eigenvalue weighted by Crippen LogP contribution is 2.50. The van der Waals surface area contributed by atoms with Crippen LogP contribution >= 0.6 is 23.5 Å². The van der Waals surface area contributed by atoms with E-state index in [2.05, 4.69) is 71.9 Å². The van der Waals surface area contributed by atoms with Crippen LogP contribution in [0.15, 0.2) is 30.3 Å². The molecule has 0 saturated carbocycles. The van der Waals surface area contributed by atoms with E-state index in [0.717, 1.165) is 0 Å². The zero-order chi connectivity index (χ0) is 13.1. The molecule has 17 heavy (non-hydrogen) atoms. The lowest BCUT2D eigenvalue weighted by Gasteiger charge is -2.30. The SMILES string of the molecule is CC(C)(C)SC(SC(C)(C)C)c1ccccc1. The van der Waals surface area contributed by atoms with E-state index >= 15 is 0 Å². The third-order valence-corrected chi connectivity index (χ3v) is 4.96. The van der Waals surface area contributed by atoms with Crippen molar-refractivity contribution in [3.05, 3.63) is 35.9 Å². The Bertz CT molecular complexity index is 314. The standard InChI is InChI=1S/C15H24S2/c1-14(2,3)16-13(17-15(4,5)6)12-10-8-7-9-11-12/h7-11,13H,1-6H3. The van der Waals surface area contributed by atoms with Crippen LogP contribution in [0.5, 0.6) is 0 Å². The third-order valence-electron chi connectivity index (χ3n) is 1.99. The Balaban J connectivity index is 2.87. The van der Waals surface area contributed by atoms with Crippen LogP contribution in [0.4, 0.5) is 0 Å². The summed E-state index contributed by atoms with van der Waals surface area (Å²) < 4.78 is 1.09. The van der Waals surface area contributed by atoms with Gasteiger partial charge in [0.1, 0.15) is 0 Å². The molecular weight excluding hydrogens is 244 g/mol. The first kappa shape index (κ1) is 15.0. The van der Waals surface area contributed by atoms with Crippen LogP contribution in [-0.4, -0.2) is 9.49 Å². The zero-order valence-corrected chi connectivity index (χ0v) is 13.4. The highest BCUT2D eigenvalue weighted by atomic mass is 32.2. The van der Waals surface area contributed by atoms with Gasteiger partial charge in [-0.15, -0.1) is 23.5 Å². The lowest BCUT2D eigenvalue weighted by molar-refractivity contribution is 0.792. The van der Waals surface area contributed by atoms with Gasteiger partial charge in [0.05, 0.1) is 4.58 Å². The van der Waals surface area contributed by atoms with Gasteiger partial charge in [0, 0.05) is 9.49 Å². The van der Waals surface area contributed by atoms with Crippen molar-refractivity contribution in [2.45, 2.75) is 55.6 Å². The van der Waals surface area contributed by atoms with Gasteiger partial charge >= 0.3 is 0 Å². The second kappa shape index (κ2) is 5.71. The van der Waals surface area contributed by atoms with Crippen LogP contribution in [0.2, 0.25) is 0 Å². The first-order chi connectivity index (χ1) is 7.67. The van der Waals surface area contributed by atoms with Crippen LogP contribution in [0.1, 0.15) is 51.7 Å². The lowest BCUT2D eigenvalue weighted by atomic mass is 10.2. The molecule has 0 aliphatic heterocycles. The molecule has 0 heterocycles. The molecule has 1 aromatic carbocycles. The Morgan fingerprint density at radius 2 is 1.18 bits per heavy atom. The molecule has 0 N–H and O–H groups in total. The van der Waals surface area contributed by atoms with E-state index in [1.807, 2.05) is 23.5 Å². The quantitative estimate of drug-likeness (QED) is 0.640. The first-order valence-corrected chi connectivity index (χ1v) is 7.84. The summed E-state index contributed by atoms with van der Waals surface area (Å²) in [7, 11) is 0. The Kier molecular flexibility index (Phi) is 5.03. The summed E-state index contributed by atoms with van der Waals surface area (Å²) in [5.74, 6) is 0. The second-order valence-corrected chi connectivity index (χ2v) is 10.4. The topological polar surface area (TPSA) is 0 Å². The minimum Gasteiger partial charge on any atom is -0.137 e. The largest absolute Gasteiger partial charge is 0.137 e. The van der Waals surface area contributed by atoms with Gasteiger partial charge in [-0.25, -0.2) is 0 Å². The van der Waals surface area contributed by atoms with E-state index in [4.69, 9.17) is 0 Å². The van der Waals surface area contributed by atoms with Crippen LogP contribution in [0, 0.1) is 0 Å². The van der Waals surface area contributed by atoms with Gasteiger partial charge in [-0.3, -0.25) is 0 Å². The Morgan fingerprint density at radius 1 is 0.765 bits per heavy atom. The molecule has 0 bridgehead atoms. The summed E-state index contributed by atoms with van der Waals surface area (Å²) in [4.78, 5) is 0. The number of thioether (sulfide) groups is 2. The molecule has 1 rings (SSSR count). The minimum atomic E-state index is 0.290. The Labute approximate surface area is 115 Å². The molecule has 0 amide bonds. The Hall–Kier alpha value is -0.0800. The summed E-state index contributed by atoms with van der Waals surface area (Å²) in [5.41, 5.74) is 1.42. The molecule has 2 heteroatoms. The van der Waals surface area contributed by atoms with Crippen LogP contribution in [0.3, 0.4) is 0 Å². The van der Waals surface area contributed by atoms with Gasteiger partial charge in [0.2, 0.25) is 0 Å². The normalized spacial score (nSPS) is 13.1. The highest BCUT2D eigenvalue weighted by Gasteiger charge is 2.25. The summed E-state index contributed by atoms with van der Waals surface area (Å²) >= 11 is 4.09. The molecule has 0 atom stereocenters. The smallest absolute Gasteiger partial charge is 0.0761 e. The Morgan fingerprint density at radius 3 is 1.53 bits per heavy atom. The van der Waals surface area contributed by atoms with Crippen molar-refractivity contribution >= 4 is 23.5 Å². The summed E-state index contributed by atoms with van der Waals surface area (Å²) in [6, 6.07) is 10.8. The van der Waals surface area contributed by atoms with E-state index in [0.29, 0.717) is 14.1 Å². The van der Waals surface area contributed by atoms with Crippen molar-refractivity contribution < 1.29 is 0 Å². The molecule has 0 fully saturated rings. The maximum absolute atomic E-state index is 2.29. The fraction of sp³-hybridized carbons (Fsp3) is 0.600. The van der Waals surface area contributed by atoms with E-state index in [1.165, 1.54) is 5.56 Å². The van der Waals surface area contributed by atoms with E-state index in [9.17, 15) is 0 Å². The molecule has 0 aromatic heterocycles. The van der Waals surface area contributed by atoms with Crippen molar-refractivity contribution in [2.75, 3.05) is 0 Å². The fourth-order valence-electron chi connectivity index (χ4n) is 1.41. The molecule has 96 valence electrons. The minimum absolute atomic E-state index is 0.290. The number of rotatable bonds is 3. The average Bonchev–Trinajstić information content (AvgIpc) is 2.14. The van der Waals surface area contributed by atoms with Crippen LogP contribution < -0.4 is 0 Å². The summed E-state index contributed by atoms with van der Waals surface area (Å²) in [5, 5.41) is 0. The molecule has 0 radical (unpaired) electrons. The van der Waals surface area contributed by atoms with Crippen molar-refractivity contribution in [2.24, 2.45) is 0 Å². The molecule has 0 nitrogen and oxygen atoms in total. The number of hydrogen-bond donors (Lipinski definition) is 0. The van der Waals surface area contributed by atoms with Crippen molar-refractivity contribution in [1.82, 2.24) is 0 Å². The van der Waals surface area contributed by atoms with Gasteiger partial charge in [-0.2, -0.15) is 0 Å². The predicted octanol–water partition coefficient (Wildman–Crippen LogP) is 5.75. The summed E-state index contributed by atoms with van der Waals surface area (Å²) in [6.45, 7) is 13.7. The molecule has 0 saturated heterocycles. The predicted molar refractivity (Wildman–Crippen MR) is 83.9 cm³/mol. The number of hydrogen-bond acceptors (Lipinski definition) is 2. The average molecular weight is 268 g/mol. The maximum atomic E-state index is 2.29. The molecule has 1 aromatic rings. The van der Waals surface area contributed by atoms with Crippen molar-refractivity contribution in [1.29, 1.82) is 0 Å². The molecule has 0 aliphatic carbocycles. The monoisotopic (exact) mass is 268 g/mol. The fourth-order valence-corrected chi connectivity index (χ4v) is 5.21. The molecule has 0 aliphatic rings. The van der Waals surface area contributed by atoms with Gasteiger partial charge < -0.3 is 0 Å². The first-order valence-electron chi connectivity index (χ1n) is 6.08. The third kappa shape index (κ3) is 6.42. The lowest BCUT2D eigenvalue weighted by Crippen LogP contribution is -2.15. The molecule has 0 spiro atoms. The van der Waals surface area contributed by atoms with Gasteiger partial charge in [0.25, 0.3) is 0 Å². The molecule has 0 unspecified atom stereocenters. The van der Waals surface area contributed by atoms with Crippen LogP contribution in [-0.2, 0) is 0 Å².